The van der Waals surface area contributed by atoms with Gasteiger partial charge in [-0.3, -0.25) is 9.69 Å². The van der Waals surface area contributed by atoms with Gasteiger partial charge < -0.3 is 19.3 Å². The fraction of sp³-hybridized carbons (Fsp3) is 0.500. The van der Waals surface area contributed by atoms with Crippen molar-refractivity contribution in [3.8, 4) is 11.3 Å². The summed E-state index contributed by atoms with van der Waals surface area (Å²) in [5.41, 5.74) is 2.08. The molecule has 1 aromatic heterocycles. The van der Waals surface area contributed by atoms with Gasteiger partial charge in [-0.1, -0.05) is 28.4 Å². The number of nitrogens with zero attached hydrogens (tertiary/aromatic N) is 6. The molecule has 2 aliphatic rings. The van der Waals surface area contributed by atoms with Crippen molar-refractivity contribution in [2.75, 3.05) is 38.7 Å². The molecule has 0 spiro atoms. The van der Waals surface area contributed by atoms with E-state index in [2.05, 4.69) is 15.2 Å². The summed E-state index contributed by atoms with van der Waals surface area (Å²) in [5.74, 6) is -0.653. The second-order valence-corrected chi connectivity index (χ2v) is 13.5. The molecular formula is C32H39Cl2FN6O4. The van der Waals surface area contributed by atoms with E-state index >= 15 is 0 Å². The fourth-order valence-electron chi connectivity index (χ4n) is 5.96. The van der Waals surface area contributed by atoms with Crippen LogP contribution in [0.2, 0.25) is 10.0 Å². The lowest BCUT2D eigenvalue weighted by atomic mass is 10.0. The Hall–Kier alpha value is -3.41. The third kappa shape index (κ3) is 7.88. The Morgan fingerprint density at radius 3 is 2.42 bits per heavy atom. The van der Waals surface area contributed by atoms with Gasteiger partial charge in [0.15, 0.2) is 0 Å². The van der Waals surface area contributed by atoms with E-state index in [-0.39, 0.29) is 37.0 Å². The topological polar surface area (TPSA) is 93.0 Å². The molecule has 2 atom stereocenters. The summed E-state index contributed by atoms with van der Waals surface area (Å²) in [5, 5.41) is 9.55. The largest absolute Gasteiger partial charge is 0.444 e. The molecule has 2 amide bonds. The zero-order chi connectivity index (χ0) is 32.5. The molecule has 3 aromatic rings. The molecule has 0 aliphatic carbocycles. The fourth-order valence-corrected chi connectivity index (χ4v) is 6.49. The zero-order valence-electron chi connectivity index (χ0n) is 26.2. The van der Waals surface area contributed by atoms with Gasteiger partial charge in [0.05, 0.1) is 18.3 Å². The maximum atomic E-state index is 14.5. The summed E-state index contributed by atoms with van der Waals surface area (Å²) in [6.07, 6.45) is 3.39. The minimum atomic E-state index is -0.822. The number of rotatable bonds is 7. The first-order valence-corrected chi connectivity index (χ1v) is 15.8. The van der Waals surface area contributed by atoms with Gasteiger partial charge in [-0.05, 0) is 75.6 Å². The Bertz CT molecular complexity index is 1520. The highest BCUT2D eigenvalue weighted by Gasteiger charge is 2.44. The third-order valence-corrected chi connectivity index (χ3v) is 8.61. The maximum Gasteiger partial charge on any atom is 0.411 e. The van der Waals surface area contributed by atoms with Gasteiger partial charge in [-0.15, -0.1) is 5.10 Å². The average Bonchev–Trinajstić information content (AvgIpc) is 3.64. The third-order valence-electron chi connectivity index (χ3n) is 8.18. The number of benzene rings is 2. The van der Waals surface area contributed by atoms with Gasteiger partial charge in [0.25, 0.3) is 0 Å². The molecule has 0 radical (unpaired) electrons. The van der Waals surface area contributed by atoms with Gasteiger partial charge >= 0.3 is 6.09 Å². The number of anilines is 1. The summed E-state index contributed by atoms with van der Waals surface area (Å²) >= 11 is 12.4. The first-order chi connectivity index (χ1) is 21.3. The highest BCUT2D eigenvalue weighted by molar-refractivity contribution is 6.35. The molecular weight excluding hydrogens is 622 g/mol. The molecule has 0 saturated carbocycles. The van der Waals surface area contributed by atoms with Crippen molar-refractivity contribution in [2.24, 2.45) is 0 Å². The number of halogens is 3. The molecule has 2 aromatic carbocycles. The van der Waals surface area contributed by atoms with E-state index < -0.39 is 17.7 Å². The van der Waals surface area contributed by atoms with Crippen LogP contribution in [0.3, 0.4) is 0 Å². The molecule has 0 N–H and O–H groups in total. The monoisotopic (exact) mass is 660 g/mol. The number of amides is 2. The number of methoxy groups -OCH3 is 1. The molecule has 0 bridgehead atoms. The Morgan fingerprint density at radius 2 is 1.78 bits per heavy atom. The van der Waals surface area contributed by atoms with E-state index in [4.69, 9.17) is 32.7 Å². The highest BCUT2D eigenvalue weighted by atomic mass is 35.5. The van der Waals surface area contributed by atoms with E-state index in [1.807, 2.05) is 0 Å². The number of ether oxygens (including phenoxy) is 2. The Balaban J connectivity index is 1.37. The normalized spacial score (nSPS) is 19.2. The highest BCUT2D eigenvalue weighted by Crippen LogP contribution is 2.33. The number of likely N-dealkylation sites (tertiary alicyclic amines) is 1. The lowest BCUT2D eigenvalue weighted by molar-refractivity contribution is -0.135. The lowest BCUT2D eigenvalue weighted by Crippen LogP contribution is -2.48. The van der Waals surface area contributed by atoms with Crippen molar-refractivity contribution >= 4 is 40.9 Å². The van der Waals surface area contributed by atoms with Crippen molar-refractivity contribution in [3.05, 3.63) is 64.0 Å². The van der Waals surface area contributed by atoms with Gasteiger partial charge in [0.1, 0.15) is 23.2 Å². The molecule has 2 aliphatic heterocycles. The molecule has 2 fully saturated rings. The first kappa shape index (κ1) is 33.0. The van der Waals surface area contributed by atoms with Crippen LogP contribution in [0.25, 0.3) is 11.3 Å². The molecule has 13 heteroatoms. The number of aromatic nitrogens is 3. The minimum Gasteiger partial charge on any atom is -0.444 e. The standard InChI is InChI=1S/C32H39Cl2FN6O4/c1-32(2,3)45-31(43)40-18-25(41-19-27(36-37-41)20-12-22(33)15-23(34)13-20)16-29(40)30(42)38(4)17-21-14-24(35)6-7-28(21)39-10-8-26(44-5)9-11-39/h6-7,12-15,19,25-26,29H,8-11,16-18H2,1-5H3/t25?,29-/m1/s1. The van der Waals surface area contributed by atoms with Crippen LogP contribution in [-0.2, 0) is 20.8 Å². The van der Waals surface area contributed by atoms with E-state index in [9.17, 15) is 14.0 Å². The number of hydrogen-bond donors (Lipinski definition) is 0. The van der Waals surface area contributed by atoms with Crippen molar-refractivity contribution in [2.45, 2.75) is 70.4 Å². The molecule has 5 rings (SSSR count). The summed E-state index contributed by atoms with van der Waals surface area (Å²) in [7, 11) is 3.39. The van der Waals surface area contributed by atoms with Crippen LogP contribution in [0, 0.1) is 5.82 Å². The van der Waals surface area contributed by atoms with E-state index in [0.29, 0.717) is 33.3 Å². The molecule has 10 nitrogen and oxygen atoms in total. The smallest absolute Gasteiger partial charge is 0.411 e. The second kappa shape index (κ2) is 13.5. The number of likely N-dealkylation sites (N-methyl/N-ethyl adjacent to an activating group) is 1. The van der Waals surface area contributed by atoms with Crippen LogP contribution in [0.5, 0.6) is 0 Å². The summed E-state index contributed by atoms with van der Waals surface area (Å²) < 4.78 is 27.3. The molecule has 3 heterocycles. The predicted molar refractivity (Wildman–Crippen MR) is 171 cm³/mol. The summed E-state index contributed by atoms with van der Waals surface area (Å²) in [4.78, 5) is 32.6. The maximum absolute atomic E-state index is 14.5. The first-order valence-electron chi connectivity index (χ1n) is 15.0. The van der Waals surface area contributed by atoms with E-state index in [1.165, 1.54) is 17.0 Å². The van der Waals surface area contributed by atoms with Crippen LogP contribution in [0.15, 0.2) is 42.6 Å². The summed E-state index contributed by atoms with van der Waals surface area (Å²) in [6.45, 7) is 7.24. The minimum absolute atomic E-state index is 0.169. The number of carbonyl (C=O) groups excluding carboxylic acids is 2. The average molecular weight is 662 g/mol. The Morgan fingerprint density at radius 1 is 1.09 bits per heavy atom. The van der Waals surface area contributed by atoms with Crippen LogP contribution >= 0.6 is 23.2 Å². The predicted octanol–water partition coefficient (Wildman–Crippen LogP) is 6.22. The van der Waals surface area contributed by atoms with E-state index in [0.717, 1.165) is 31.6 Å². The number of hydrogen-bond acceptors (Lipinski definition) is 7. The Labute approximate surface area is 272 Å². The molecule has 45 heavy (non-hydrogen) atoms. The van der Waals surface area contributed by atoms with Gasteiger partial charge in [-0.2, -0.15) is 0 Å². The van der Waals surface area contributed by atoms with Crippen LogP contribution in [-0.4, -0.2) is 88.3 Å². The number of carbonyl (C=O) groups is 2. The van der Waals surface area contributed by atoms with Crippen molar-refractivity contribution in [3.63, 3.8) is 0 Å². The van der Waals surface area contributed by atoms with Gasteiger partial charge in [-0.25, -0.2) is 13.9 Å². The van der Waals surface area contributed by atoms with Crippen LogP contribution in [0.4, 0.5) is 14.9 Å². The van der Waals surface area contributed by atoms with Crippen molar-refractivity contribution in [1.29, 1.82) is 0 Å². The van der Waals surface area contributed by atoms with Crippen molar-refractivity contribution < 1.29 is 23.5 Å². The van der Waals surface area contributed by atoms with Crippen LogP contribution < -0.4 is 4.90 Å². The van der Waals surface area contributed by atoms with Gasteiger partial charge in [0.2, 0.25) is 5.91 Å². The van der Waals surface area contributed by atoms with Gasteiger partial charge in [0, 0.05) is 68.1 Å². The summed E-state index contributed by atoms with van der Waals surface area (Å²) in [6, 6.07) is 8.64. The second-order valence-electron chi connectivity index (χ2n) is 12.7. The Kier molecular flexibility index (Phi) is 9.91. The molecule has 242 valence electrons. The van der Waals surface area contributed by atoms with E-state index in [1.54, 1.807) is 75.0 Å². The molecule has 2 saturated heterocycles. The SMILES string of the molecule is COC1CCN(c2ccc(F)cc2CN(C)C(=O)[C@H]2CC(n3cc(-c4cc(Cl)cc(Cl)c4)nn3)CN2C(=O)OC(C)(C)C)CC1. The molecule has 1 unspecified atom stereocenters. The zero-order valence-corrected chi connectivity index (χ0v) is 27.7. The van der Waals surface area contributed by atoms with Crippen molar-refractivity contribution in [1.82, 2.24) is 24.8 Å². The number of piperidine rings is 1. The lowest BCUT2D eigenvalue weighted by Gasteiger charge is -2.35. The van der Waals surface area contributed by atoms with Crippen LogP contribution in [0.1, 0.15) is 51.6 Å². The quantitative estimate of drug-likeness (QED) is 0.297.